The van der Waals surface area contributed by atoms with Gasteiger partial charge in [-0.3, -0.25) is 4.68 Å². The summed E-state index contributed by atoms with van der Waals surface area (Å²) < 4.78 is 1.61. The highest BCUT2D eigenvalue weighted by molar-refractivity contribution is 5.92. The van der Waals surface area contributed by atoms with Gasteiger partial charge in [0, 0.05) is 7.05 Å². The van der Waals surface area contributed by atoms with Crippen molar-refractivity contribution in [1.82, 2.24) is 14.8 Å². The second kappa shape index (κ2) is 2.80. The van der Waals surface area contributed by atoms with Crippen LogP contribution < -0.4 is 0 Å². The van der Waals surface area contributed by atoms with E-state index in [1.54, 1.807) is 30.9 Å². The molecule has 5 nitrogen and oxygen atoms in total. The van der Waals surface area contributed by atoms with E-state index in [4.69, 9.17) is 5.11 Å². The quantitative estimate of drug-likeness (QED) is 0.729. The van der Waals surface area contributed by atoms with Gasteiger partial charge in [-0.25, -0.2) is 9.78 Å². The molecule has 0 fully saturated rings. The van der Waals surface area contributed by atoms with Crippen LogP contribution in [0.3, 0.4) is 0 Å². The summed E-state index contributed by atoms with van der Waals surface area (Å²) in [4.78, 5) is 15.0. The molecule has 0 saturated carbocycles. The molecule has 2 heterocycles. The lowest BCUT2D eigenvalue weighted by atomic mass is 10.2. The number of aromatic nitrogens is 3. The highest BCUT2D eigenvalue weighted by atomic mass is 16.4. The highest BCUT2D eigenvalue weighted by Crippen LogP contribution is 2.15. The lowest BCUT2D eigenvalue weighted by Crippen LogP contribution is -2.02. The molecule has 0 aliphatic carbocycles. The van der Waals surface area contributed by atoms with Crippen LogP contribution >= 0.6 is 0 Å². The maximum Gasteiger partial charge on any atom is 0.337 e. The van der Waals surface area contributed by atoms with E-state index in [1.165, 1.54) is 0 Å². The summed E-state index contributed by atoms with van der Waals surface area (Å²) in [7, 11) is 1.75. The van der Waals surface area contributed by atoms with Crippen LogP contribution in [0.2, 0.25) is 0 Å². The zero-order chi connectivity index (χ0) is 10.3. The first-order chi connectivity index (χ1) is 6.59. The molecule has 72 valence electrons. The number of carboxylic acids is 1. The topological polar surface area (TPSA) is 68.0 Å². The first-order valence-electron chi connectivity index (χ1n) is 4.12. The van der Waals surface area contributed by atoms with Gasteiger partial charge >= 0.3 is 5.97 Å². The average molecular weight is 191 g/mol. The SMILES string of the molecule is Cc1nc2cnn(C)c2cc1C(=O)O. The normalized spacial score (nSPS) is 10.7. The highest BCUT2D eigenvalue weighted by Gasteiger charge is 2.11. The van der Waals surface area contributed by atoms with Crippen LogP contribution in [0.4, 0.5) is 0 Å². The van der Waals surface area contributed by atoms with Crippen molar-refractivity contribution in [3.63, 3.8) is 0 Å². The minimum absolute atomic E-state index is 0.223. The van der Waals surface area contributed by atoms with Crippen molar-refractivity contribution in [3.05, 3.63) is 23.5 Å². The molecule has 14 heavy (non-hydrogen) atoms. The van der Waals surface area contributed by atoms with E-state index in [-0.39, 0.29) is 5.56 Å². The Hall–Kier alpha value is -1.91. The Morgan fingerprint density at radius 2 is 2.29 bits per heavy atom. The molecule has 2 aromatic rings. The minimum atomic E-state index is -0.960. The van der Waals surface area contributed by atoms with Gasteiger partial charge < -0.3 is 5.11 Å². The van der Waals surface area contributed by atoms with Gasteiger partial charge in [0.2, 0.25) is 0 Å². The molecule has 0 spiro atoms. The lowest BCUT2D eigenvalue weighted by molar-refractivity contribution is 0.0696. The molecule has 2 rings (SSSR count). The van der Waals surface area contributed by atoms with Gasteiger partial charge in [-0.2, -0.15) is 5.10 Å². The summed E-state index contributed by atoms with van der Waals surface area (Å²) in [6.07, 6.45) is 1.62. The number of aromatic carboxylic acids is 1. The molecule has 5 heteroatoms. The molecule has 1 N–H and O–H groups in total. The van der Waals surface area contributed by atoms with Crippen LogP contribution in [0, 0.1) is 6.92 Å². The fourth-order valence-corrected chi connectivity index (χ4v) is 1.39. The van der Waals surface area contributed by atoms with Gasteiger partial charge in [0.1, 0.15) is 5.52 Å². The van der Waals surface area contributed by atoms with Gasteiger partial charge in [0.15, 0.2) is 0 Å². The van der Waals surface area contributed by atoms with Gasteiger partial charge in [-0.05, 0) is 13.0 Å². The second-order valence-electron chi connectivity index (χ2n) is 3.10. The number of hydrogen-bond acceptors (Lipinski definition) is 3. The predicted octanol–water partition coefficient (Wildman–Crippen LogP) is 0.975. The van der Waals surface area contributed by atoms with E-state index in [0.29, 0.717) is 5.69 Å². The monoisotopic (exact) mass is 191 g/mol. The van der Waals surface area contributed by atoms with Crippen molar-refractivity contribution >= 4 is 17.0 Å². The van der Waals surface area contributed by atoms with Crippen molar-refractivity contribution < 1.29 is 9.90 Å². The number of carboxylic acid groups (broad SMARTS) is 1. The molecule has 2 aromatic heterocycles. The van der Waals surface area contributed by atoms with Crippen LogP contribution in [-0.2, 0) is 7.05 Å². The van der Waals surface area contributed by atoms with E-state index in [0.717, 1.165) is 11.0 Å². The number of fused-ring (bicyclic) bond motifs is 1. The summed E-state index contributed by atoms with van der Waals surface area (Å²) in [6, 6.07) is 1.59. The molecule has 0 amide bonds. The first kappa shape index (κ1) is 8.68. The molecular formula is C9H9N3O2. The van der Waals surface area contributed by atoms with Crippen LogP contribution in [0.1, 0.15) is 16.1 Å². The summed E-state index contributed by atoms with van der Waals surface area (Å²) in [6.45, 7) is 1.68. The second-order valence-corrected chi connectivity index (χ2v) is 3.10. The molecule has 0 aromatic carbocycles. The van der Waals surface area contributed by atoms with Crippen molar-refractivity contribution in [1.29, 1.82) is 0 Å². The predicted molar refractivity (Wildman–Crippen MR) is 50.2 cm³/mol. The van der Waals surface area contributed by atoms with Crippen molar-refractivity contribution in [2.45, 2.75) is 6.92 Å². The van der Waals surface area contributed by atoms with E-state index < -0.39 is 5.97 Å². The van der Waals surface area contributed by atoms with E-state index in [2.05, 4.69) is 10.1 Å². The molecule has 0 unspecified atom stereocenters. The Balaban J connectivity index is 2.80. The Labute approximate surface area is 80.0 Å². The van der Waals surface area contributed by atoms with Gasteiger partial charge in [-0.15, -0.1) is 0 Å². The summed E-state index contributed by atoms with van der Waals surface area (Å²) in [5.74, 6) is -0.960. The third-order valence-corrected chi connectivity index (χ3v) is 2.15. The first-order valence-corrected chi connectivity index (χ1v) is 4.12. The summed E-state index contributed by atoms with van der Waals surface area (Å²) in [5, 5.41) is 12.9. The van der Waals surface area contributed by atoms with E-state index in [9.17, 15) is 4.79 Å². The fraction of sp³-hybridized carbons (Fsp3) is 0.222. The van der Waals surface area contributed by atoms with E-state index in [1.807, 2.05) is 0 Å². The van der Waals surface area contributed by atoms with Crippen molar-refractivity contribution in [2.24, 2.45) is 7.05 Å². The average Bonchev–Trinajstić information content (AvgIpc) is 2.46. The maximum absolute atomic E-state index is 10.8. The summed E-state index contributed by atoms with van der Waals surface area (Å²) >= 11 is 0. The Bertz CT molecular complexity index is 516. The van der Waals surface area contributed by atoms with E-state index >= 15 is 0 Å². The molecule has 0 atom stereocenters. The van der Waals surface area contributed by atoms with Gasteiger partial charge in [0.25, 0.3) is 0 Å². The lowest BCUT2D eigenvalue weighted by Gasteiger charge is -2.00. The number of pyridine rings is 1. The standard InChI is InChI=1S/C9H9N3O2/c1-5-6(9(13)14)3-8-7(11-5)4-10-12(8)2/h3-4H,1-2H3,(H,13,14). The summed E-state index contributed by atoms with van der Waals surface area (Å²) in [5.41, 5.74) is 2.18. The minimum Gasteiger partial charge on any atom is -0.478 e. The third kappa shape index (κ3) is 1.14. The number of hydrogen-bond donors (Lipinski definition) is 1. The fourth-order valence-electron chi connectivity index (χ4n) is 1.39. The zero-order valence-corrected chi connectivity index (χ0v) is 7.85. The van der Waals surface area contributed by atoms with Crippen LogP contribution in [0.25, 0.3) is 11.0 Å². The van der Waals surface area contributed by atoms with Crippen molar-refractivity contribution in [3.8, 4) is 0 Å². The molecule has 0 radical (unpaired) electrons. The number of aryl methyl sites for hydroxylation is 2. The zero-order valence-electron chi connectivity index (χ0n) is 7.85. The molecule has 0 saturated heterocycles. The van der Waals surface area contributed by atoms with Crippen LogP contribution in [-0.4, -0.2) is 25.8 Å². The number of nitrogens with zero attached hydrogens (tertiary/aromatic N) is 3. The molecule has 0 aliphatic heterocycles. The van der Waals surface area contributed by atoms with Crippen LogP contribution in [0.5, 0.6) is 0 Å². The molecule has 0 aliphatic rings. The van der Waals surface area contributed by atoms with Gasteiger partial charge in [0.05, 0.1) is 23.0 Å². The Kier molecular flexibility index (Phi) is 1.73. The van der Waals surface area contributed by atoms with Gasteiger partial charge in [-0.1, -0.05) is 0 Å². The maximum atomic E-state index is 10.8. The van der Waals surface area contributed by atoms with Crippen LogP contribution in [0.15, 0.2) is 12.3 Å². The Morgan fingerprint density at radius 1 is 1.57 bits per heavy atom. The third-order valence-electron chi connectivity index (χ3n) is 2.15. The van der Waals surface area contributed by atoms with Crippen molar-refractivity contribution in [2.75, 3.05) is 0 Å². The smallest absolute Gasteiger partial charge is 0.337 e. The number of carbonyl (C=O) groups is 1. The molecule has 0 bridgehead atoms. The molecular weight excluding hydrogens is 182 g/mol. The largest absolute Gasteiger partial charge is 0.478 e. The number of rotatable bonds is 1. The Morgan fingerprint density at radius 3 is 2.93 bits per heavy atom.